The highest BCUT2D eigenvalue weighted by Crippen LogP contribution is 2.30. The van der Waals surface area contributed by atoms with Crippen LogP contribution < -0.4 is 0 Å². The van der Waals surface area contributed by atoms with Crippen LogP contribution in [0.4, 0.5) is 13.2 Å². The number of alkyl halides is 3. The zero-order valence-corrected chi connectivity index (χ0v) is 14.1. The molecule has 0 atom stereocenters. The third-order valence-electron chi connectivity index (χ3n) is 3.89. The van der Waals surface area contributed by atoms with Gasteiger partial charge < -0.3 is 0 Å². The molecule has 0 aliphatic carbocycles. The predicted molar refractivity (Wildman–Crippen MR) is 89.6 cm³/mol. The SMILES string of the molecule is CC(C)(C)c1nc2ccccc2n1C(=O)c1ccc(C(F)(F)F)cc1. The fourth-order valence-electron chi connectivity index (χ4n) is 2.67. The Balaban J connectivity index is 2.14. The number of aromatic nitrogens is 2. The summed E-state index contributed by atoms with van der Waals surface area (Å²) in [4.78, 5) is 17.5. The molecule has 3 nitrogen and oxygen atoms in total. The van der Waals surface area contributed by atoms with Crippen molar-refractivity contribution in [1.82, 2.24) is 9.55 Å². The van der Waals surface area contributed by atoms with Crippen LogP contribution in [0.25, 0.3) is 11.0 Å². The number of para-hydroxylation sites is 2. The lowest BCUT2D eigenvalue weighted by atomic mass is 9.95. The average Bonchev–Trinajstić information content (AvgIpc) is 2.93. The predicted octanol–water partition coefficient (Wildman–Crippen LogP) is 5.04. The van der Waals surface area contributed by atoms with E-state index >= 15 is 0 Å². The molecule has 0 bridgehead atoms. The number of rotatable bonds is 1. The number of carbonyl (C=O) groups is 1. The molecule has 130 valence electrons. The molecule has 0 N–H and O–H groups in total. The third kappa shape index (κ3) is 3.16. The summed E-state index contributed by atoms with van der Waals surface area (Å²) in [5.74, 6) is 0.172. The van der Waals surface area contributed by atoms with Gasteiger partial charge in [0.2, 0.25) is 0 Å². The van der Waals surface area contributed by atoms with Crippen LogP contribution in [0.2, 0.25) is 0 Å². The van der Waals surface area contributed by atoms with Crippen LogP contribution in [0, 0.1) is 0 Å². The molecule has 0 saturated heterocycles. The molecule has 0 unspecified atom stereocenters. The summed E-state index contributed by atoms with van der Waals surface area (Å²) in [6.07, 6.45) is -4.43. The zero-order valence-electron chi connectivity index (χ0n) is 14.1. The van der Waals surface area contributed by atoms with Gasteiger partial charge in [-0.3, -0.25) is 9.36 Å². The molecule has 0 aliphatic heterocycles. The maximum atomic E-state index is 13.0. The molecule has 0 spiro atoms. The Morgan fingerprint density at radius 2 is 1.56 bits per heavy atom. The minimum Gasteiger partial charge on any atom is -0.268 e. The van der Waals surface area contributed by atoms with E-state index in [1.54, 1.807) is 18.2 Å². The van der Waals surface area contributed by atoms with Gasteiger partial charge in [-0.05, 0) is 36.4 Å². The topological polar surface area (TPSA) is 34.9 Å². The van der Waals surface area contributed by atoms with Crippen LogP contribution in [-0.2, 0) is 11.6 Å². The Morgan fingerprint density at radius 1 is 0.960 bits per heavy atom. The first-order valence-electron chi connectivity index (χ1n) is 7.79. The normalized spacial score (nSPS) is 12.6. The second-order valence-electron chi connectivity index (χ2n) is 6.89. The summed E-state index contributed by atoms with van der Waals surface area (Å²) in [7, 11) is 0. The molecule has 3 rings (SSSR count). The van der Waals surface area contributed by atoms with Crippen molar-refractivity contribution in [3.05, 3.63) is 65.5 Å². The van der Waals surface area contributed by atoms with E-state index in [1.165, 1.54) is 16.7 Å². The fraction of sp³-hybridized carbons (Fsp3) is 0.263. The van der Waals surface area contributed by atoms with Gasteiger partial charge in [-0.2, -0.15) is 13.2 Å². The molecule has 0 saturated carbocycles. The van der Waals surface area contributed by atoms with Crippen molar-refractivity contribution in [2.75, 3.05) is 0 Å². The lowest BCUT2D eigenvalue weighted by Crippen LogP contribution is -2.24. The number of fused-ring (bicyclic) bond motifs is 1. The van der Waals surface area contributed by atoms with Crippen molar-refractivity contribution >= 4 is 16.9 Å². The van der Waals surface area contributed by atoms with Crippen LogP contribution in [0.3, 0.4) is 0 Å². The Hall–Kier alpha value is -2.63. The molecule has 1 aromatic heterocycles. The summed E-state index contributed by atoms with van der Waals surface area (Å²) in [6.45, 7) is 5.81. The standard InChI is InChI=1S/C19H17F3N2O/c1-18(2,3)17-23-14-6-4-5-7-15(14)24(17)16(25)12-8-10-13(11-9-12)19(20,21)22/h4-11H,1-3H3. The van der Waals surface area contributed by atoms with E-state index in [4.69, 9.17) is 0 Å². The average molecular weight is 346 g/mol. The van der Waals surface area contributed by atoms with Gasteiger partial charge in [-0.25, -0.2) is 4.98 Å². The zero-order chi connectivity index (χ0) is 18.4. The van der Waals surface area contributed by atoms with Gasteiger partial charge in [-0.1, -0.05) is 32.9 Å². The van der Waals surface area contributed by atoms with Crippen LogP contribution in [-0.4, -0.2) is 15.5 Å². The lowest BCUT2D eigenvalue weighted by Gasteiger charge is -2.19. The van der Waals surface area contributed by atoms with Gasteiger partial charge in [0.15, 0.2) is 0 Å². The monoisotopic (exact) mass is 346 g/mol. The number of nitrogens with zero attached hydrogens (tertiary/aromatic N) is 2. The number of benzene rings is 2. The molecule has 3 aromatic rings. The highest BCUT2D eigenvalue weighted by molar-refractivity contribution is 6.01. The molecule has 0 radical (unpaired) electrons. The fourth-order valence-corrected chi connectivity index (χ4v) is 2.67. The number of imidazole rings is 1. The molecule has 25 heavy (non-hydrogen) atoms. The van der Waals surface area contributed by atoms with Gasteiger partial charge in [0, 0.05) is 11.0 Å². The third-order valence-corrected chi connectivity index (χ3v) is 3.89. The van der Waals surface area contributed by atoms with Crippen LogP contribution in [0.5, 0.6) is 0 Å². The van der Waals surface area contributed by atoms with E-state index in [2.05, 4.69) is 4.98 Å². The Kier molecular flexibility index (Phi) is 3.94. The molecule has 1 heterocycles. The maximum absolute atomic E-state index is 13.0. The largest absolute Gasteiger partial charge is 0.416 e. The summed E-state index contributed by atoms with van der Waals surface area (Å²) in [5, 5.41) is 0. The van der Waals surface area contributed by atoms with Crippen molar-refractivity contribution in [2.45, 2.75) is 32.4 Å². The van der Waals surface area contributed by atoms with E-state index in [0.717, 1.165) is 12.1 Å². The summed E-state index contributed by atoms with van der Waals surface area (Å²) in [6, 6.07) is 11.5. The molecule has 2 aromatic carbocycles. The quantitative estimate of drug-likeness (QED) is 0.619. The maximum Gasteiger partial charge on any atom is 0.416 e. The van der Waals surface area contributed by atoms with Crippen molar-refractivity contribution in [3.8, 4) is 0 Å². The molecule has 0 amide bonds. The first kappa shape index (κ1) is 17.2. The first-order chi connectivity index (χ1) is 11.6. The van der Waals surface area contributed by atoms with E-state index in [9.17, 15) is 18.0 Å². The Labute approximate surface area is 143 Å². The second-order valence-corrected chi connectivity index (χ2v) is 6.89. The van der Waals surface area contributed by atoms with Crippen molar-refractivity contribution in [1.29, 1.82) is 0 Å². The summed E-state index contributed by atoms with van der Waals surface area (Å²) >= 11 is 0. The van der Waals surface area contributed by atoms with Crippen LogP contribution >= 0.6 is 0 Å². The molecular formula is C19H17F3N2O. The molecule has 0 fully saturated rings. The smallest absolute Gasteiger partial charge is 0.268 e. The van der Waals surface area contributed by atoms with Crippen LogP contribution in [0.15, 0.2) is 48.5 Å². The van der Waals surface area contributed by atoms with Gasteiger partial charge in [0.1, 0.15) is 5.82 Å². The second kappa shape index (κ2) is 5.72. The van der Waals surface area contributed by atoms with Crippen molar-refractivity contribution in [2.24, 2.45) is 0 Å². The van der Waals surface area contributed by atoms with Gasteiger partial charge in [-0.15, -0.1) is 0 Å². The van der Waals surface area contributed by atoms with E-state index < -0.39 is 23.1 Å². The number of carbonyl (C=O) groups excluding carboxylic acids is 1. The summed E-state index contributed by atoms with van der Waals surface area (Å²) in [5.41, 5.74) is 0.308. The Morgan fingerprint density at radius 3 is 2.12 bits per heavy atom. The van der Waals surface area contributed by atoms with E-state index in [1.807, 2.05) is 26.8 Å². The van der Waals surface area contributed by atoms with E-state index in [-0.39, 0.29) is 5.56 Å². The number of hydrogen-bond acceptors (Lipinski definition) is 2. The Bertz CT molecular complexity index is 932. The minimum absolute atomic E-state index is 0.182. The van der Waals surface area contributed by atoms with Gasteiger partial charge in [0.25, 0.3) is 5.91 Å². The summed E-state index contributed by atoms with van der Waals surface area (Å²) < 4.78 is 39.7. The molecular weight excluding hydrogens is 329 g/mol. The van der Waals surface area contributed by atoms with Crippen molar-refractivity contribution in [3.63, 3.8) is 0 Å². The van der Waals surface area contributed by atoms with E-state index in [0.29, 0.717) is 16.9 Å². The minimum atomic E-state index is -4.43. The van der Waals surface area contributed by atoms with Crippen LogP contribution in [0.1, 0.15) is 42.5 Å². The van der Waals surface area contributed by atoms with Gasteiger partial charge >= 0.3 is 6.18 Å². The highest BCUT2D eigenvalue weighted by atomic mass is 19.4. The molecule has 6 heteroatoms. The lowest BCUT2D eigenvalue weighted by molar-refractivity contribution is -0.137. The number of hydrogen-bond donors (Lipinski definition) is 0. The first-order valence-corrected chi connectivity index (χ1v) is 7.79. The molecule has 0 aliphatic rings. The van der Waals surface area contributed by atoms with Gasteiger partial charge in [0.05, 0.1) is 16.6 Å². The highest BCUT2D eigenvalue weighted by Gasteiger charge is 2.31. The van der Waals surface area contributed by atoms with Crippen molar-refractivity contribution < 1.29 is 18.0 Å². The number of halogens is 3.